The van der Waals surface area contributed by atoms with Crippen LogP contribution in [0.5, 0.6) is 0 Å². The van der Waals surface area contributed by atoms with Crippen molar-refractivity contribution in [3.05, 3.63) is 241 Å². The molecule has 0 spiro atoms. The third-order valence-electron chi connectivity index (χ3n) is 11.9. The van der Waals surface area contributed by atoms with Crippen LogP contribution in [0.2, 0.25) is 0 Å². The van der Waals surface area contributed by atoms with Crippen LogP contribution in [0.4, 0.5) is 11.4 Å². The zero-order valence-corrected chi connectivity index (χ0v) is 31.3. The highest BCUT2D eigenvalue weighted by molar-refractivity contribution is 6.13. The van der Waals surface area contributed by atoms with E-state index in [-0.39, 0.29) is 0 Å². The van der Waals surface area contributed by atoms with Gasteiger partial charge in [-0.05, 0) is 92.0 Å². The van der Waals surface area contributed by atoms with Gasteiger partial charge in [-0.1, -0.05) is 182 Å². The zero-order valence-electron chi connectivity index (χ0n) is 31.3. The van der Waals surface area contributed by atoms with Crippen molar-refractivity contribution in [1.29, 1.82) is 0 Å². The van der Waals surface area contributed by atoms with Gasteiger partial charge in [0.25, 0.3) is 0 Å². The summed E-state index contributed by atoms with van der Waals surface area (Å²) in [6.45, 7) is 0. The molecule has 2 nitrogen and oxygen atoms in total. The first-order valence-electron chi connectivity index (χ1n) is 19.7. The van der Waals surface area contributed by atoms with E-state index in [1.165, 1.54) is 77.5 Å². The van der Waals surface area contributed by atoms with Crippen molar-refractivity contribution in [3.63, 3.8) is 0 Å². The van der Waals surface area contributed by atoms with E-state index in [4.69, 9.17) is 0 Å². The number of aromatic amines is 1. The summed E-state index contributed by atoms with van der Waals surface area (Å²) in [5.41, 5.74) is 18.8. The van der Waals surface area contributed by atoms with Gasteiger partial charge >= 0.3 is 0 Å². The van der Waals surface area contributed by atoms with Crippen molar-refractivity contribution >= 4 is 33.2 Å². The van der Waals surface area contributed by atoms with Crippen LogP contribution in [0.25, 0.3) is 66.3 Å². The Balaban J connectivity index is 1.02. The van der Waals surface area contributed by atoms with Crippen molar-refractivity contribution in [2.45, 2.75) is 5.41 Å². The average Bonchev–Trinajstić information content (AvgIpc) is 3.81. The van der Waals surface area contributed by atoms with Gasteiger partial charge < -0.3 is 10.3 Å². The average molecular weight is 727 g/mol. The molecule has 0 atom stereocenters. The number of aromatic nitrogens is 1. The molecule has 9 aromatic carbocycles. The fourth-order valence-electron chi connectivity index (χ4n) is 9.36. The lowest BCUT2D eigenvalue weighted by Gasteiger charge is -2.34. The van der Waals surface area contributed by atoms with Gasteiger partial charge in [0.05, 0.1) is 10.9 Å². The molecule has 2 heteroatoms. The van der Waals surface area contributed by atoms with Crippen LogP contribution in [0.3, 0.4) is 0 Å². The SMILES string of the molecule is c1ccc(-c2cccc(Nc3ccccc3-c3cccc(-c4ccc5[nH]c6c7c(ccc6c5c4)-c4ccccc4C7(c4ccccc4)c4ccccc4)c3)c2)cc1. The molecule has 0 fully saturated rings. The van der Waals surface area contributed by atoms with Gasteiger partial charge in [-0.15, -0.1) is 0 Å². The van der Waals surface area contributed by atoms with Crippen LogP contribution < -0.4 is 5.32 Å². The van der Waals surface area contributed by atoms with E-state index >= 15 is 0 Å². The second-order valence-corrected chi connectivity index (χ2v) is 15.0. The number of hydrogen-bond acceptors (Lipinski definition) is 1. The number of fused-ring (bicyclic) bond motifs is 7. The summed E-state index contributed by atoms with van der Waals surface area (Å²) in [5.74, 6) is 0. The summed E-state index contributed by atoms with van der Waals surface area (Å²) in [5, 5.41) is 6.19. The van der Waals surface area contributed by atoms with E-state index in [0.717, 1.165) is 22.5 Å². The third kappa shape index (κ3) is 5.33. The summed E-state index contributed by atoms with van der Waals surface area (Å²) < 4.78 is 0. The number of rotatable bonds is 7. The Bertz CT molecular complexity index is 3050. The van der Waals surface area contributed by atoms with E-state index < -0.39 is 5.41 Å². The molecule has 0 radical (unpaired) electrons. The molecule has 0 saturated carbocycles. The first-order valence-corrected chi connectivity index (χ1v) is 19.7. The Kier molecular flexibility index (Phi) is 7.75. The second kappa shape index (κ2) is 13.4. The normalized spacial score (nSPS) is 12.7. The number of hydrogen-bond donors (Lipinski definition) is 2. The highest BCUT2D eigenvalue weighted by Gasteiger charge is 2.47. The van der Waals surface area contributed by atoms with Crippen LogP contribution >= 0.6 is 0 Å². The third-order valence-corrected chi connectivity index (χ3v) is 11.9. The maximum absolute atomic E-state index is 3.96. The van der Waals surface area contributed by atoms with Crippen molar-refractivity contribution in [2.75, 3.05) is 5.32 Å². The lowest BCUT2D eigenvalue weighted by Crippen LogP contribution is -2.28. The molecule has 0 unspecified atom stereocenters. The molecular weight excluding hydrogens is 689 g/mol. The Labute approximate surface area is 332 Å². The summed E-state index contributed by atoms with van der Waals surface area (Å²) in [6.07, 6.45) is 0. The van der Waals surface area contributed by atoms with Crippen molar-refractivity contribution in [1.82, 2.24) is 4.98 Å². The van der Waals surface area contributed by atoms with Crippen molar-refractivity contribution in [2.24, 2.45) is 0 Å². The standard InChI is InChI=1S/C55H38N2/c1-4-16-37(17-5-1)39-19-15-25-44(35-39)56-51-29-13-11-26-45(51)41-20-14-18-38(34-41)40-30-33-52-49(36-40)48-32-31-47-46-27-10-12-28-50(46)55(53(47)54(48)57-52,42-21-6-2-7-22-42)43-23-8-3-9-24-43/h1-36,56-57H. The van der Waals surface area contributed by atoms with Gasteiger partial charge in [-0.2, -0.15) is 0 Å². The van der Waals surface area contributed by atoms with Crippen LogP contribution in [0.1, 0.15) is 22.3 Å². The lowest BCUT2D eigenvalue weighted by atomic mass is 9.67. The van der Waals surface area contributed by atoms with Crippen LogP contribution in [-0.2, 0) is 5.41 Å². The molecule has 0 bridgehead atoms. The topological polar surface area (TPSA) is 27.8 Å². The Hall–Kier alpha value is -7.42. The quantitative estimate of drug-likeness (QED) is 0.168. The molecule has 1 aliphatic rings. The highest BCUT2D eigenvalue weighted by Crippen LogP contribution is 2.58. The van der Waals surface area contributed by atoms with Crippen LogP contribution in [0.15, 0.2) is 218 Å². The summed E-state index contributed by atoms with van der Waals surface area (Å²) >= 11 is 0. The van der Waals surface area contributed by atoms with Crippen molar-refractivity contribution in [3.8, 4) is 44.5 Å². The maximum Gasteiger partial charge on any atom is 0.0734 e. The lowest BCUT2D eigenvalue weighted by molar-refractivity contribution is 0.774. The molecule has 268 valence electrons. The predicted molar refractivity (Wildman–Crippen MR) is 239 cm³/mol. The molecule has 0 aliphatic heterocycles. The van der Waals surface area contributed by atoms with E-state index in [0.29, 0.717) is 0 Å². The van der Waals surface area contributed by atoms with Crippen LogP contribution in [0, 0.1) is 0 Å². The number of nitrogens with one attached hydrogen (secondary N) is 2. The minimum Gasteiger partial charge on any atom is -0.355 e. The van der Waals surface area contributed by atoms with Gasteiger partial charge in [-0.25, -0.2) is 0 Å². The summed E-state index contributed by atoms with van der Waals surface area (Å²) in [6, 6.07) is 79.3. The molecule has 1 heterocycles. The van der Waals surface area contributed by atoms with Gasteiger partial charge in [-0.3, -0.25) is 0 Å². The largest absolute Gasteiger partial charge is 0.355 e. The molecule has 10 aromatic rings. The Morgan fingerprint density at radius 2 is 0.965 bits per heavy atom. The zero-order chi connectivity index (χ0) is 37.8. The van der Waals surface area contributed by atoms with Crippen LogP contribution in [-0.4, -0.2) is 4.98 Å². The first-order chi connectivity index (χ1) is 28.3. The molecular formula is C55H38N2. The van der Waals surface area contributed by atoms with Gasteiger partial charge in [0.15, 0.2) is 0 Å². The summed E-state index contributed by atoms with van der Waals surface area (Å²) in [4.78, 5) is 3.96. The molecule has 11 rings (SSSR count). The molecule has 0 saturated heterocycles. The number of H-pyrrole nitrogens is 1. The number of benzene rings is 9. The highest BCUT2D eigenvalue weighted by atomic mass is 14.9. The monoisotopic (exact) mass is 726 g/mol. The smallest absolute Gasteiger partial charge is 0.0734 e. The summed E-state index contributed by atoms with van der Waals surface area (Å²) in [7, 11) is 0. The predicted octanol–water partition coefficient (Wildman–Crippen LogP) is 14.4. The Morgan fingerprint density at radius 3 is 1.74 bits per heavy atom. The molecule has 1 aliphatic carbocycles. The fraction of sp³-hybridized carbons (Fsp3) is 0.0182. The minimum atomic E-state index is -0.476. The number of para-hydroxylation sites is 1. The molecule has 0 amide bonds. The maximum atomic E-state index is 3.96. The number of anilines is 2. The fourth-order valence-corrected chi connectivity index (χ4v) is 9.36. The van der Waals surface area contributed by atoms with E-state index in [2.05, 4.69) is 229 Å². The molecule has 1 aromatic heterocycles. The minimum absolute atomic E-state index is 0.476. The van der Waals surface area contributed by atoms with Gasteiger partial charge in [0, 0.05) is 38.8 Å². The van der Waals surface area contributed by atoms with E-state index in [1.807, 2.05) is 0 Å². The molecule has 57 heavy (non-hydrogen) atoms. The van der Waals surface area contributed by atoms with Gasteiger partial charge in [0.2, 0.25) is 0 Å². The first kappa shape index (κ1) is 33.0. The van der Waals surface area contributed by atoms with Gasteiger partial charge in [0.1, 0.15) is 0 Å². The molecule has 2 N–H and O–H groups in total. The second-order valence-electron chi connectivity index (χ2n) is 15.0. The van der Waals surface area contributed by atoms with E-state index in [1.54, 1.807) is 0 Å². The Morgan fingerprint density at radius 1 is 0.368 bits per heavy atom. The van der Waals surface area contributed by atoms with Crippen molar-refractivity contribution < 1.29 is 0 Å². The van der Waals surface area contributed by atoms with E-state index in [9.17, 15) is 0 Å².